The molecule has 6 heteroatoms. The Bertz CT molecular complexity index is 974. The Hall–Kier alpha value is -2.08. The fraction of sp³-hybridized carbons (Fsp3) is 0.353. The van der Waals surface area contributed by atoms with Crippen LogP contribution < -0.4 is 5.56 Å². The molecule has 1 aliphatic rings. The lowest BCUT2D eigenvalue weighted by atomic mass is 9.69. The van der Waals surface area contributed by atoms with Crippen molar-refractivity contribution in [3.63, 3.8) is 0 Å². The number of aromatic amines is 1. The topological polar surface area (TPSA) is 63.1 Å². The first kappa shape index (κ1) is 14.5. The van der Waals surface area contributed by atoms with Crippen LogP contribution in [0.2, 0.25) is 0 Å². The Morgan fingerprint density at radius 1 is 1.39 bits per heavy atom. The van der Waals surface area contributed by atoms with E-state index in [1.54, 1.807) is 4.40 Å². The molecule has 1 aliphatic carbocycles. The summed E-state index contributed by atoms with van der Waals surface area (Å²) in [5, 5.41) is 7.75. The molecule has 4 rings (SSSR count). The van der Waals surface area contributed by atoms with Gasteiger partial charge in [0, 0.05) is 11.0 Å². The molecule has 0 bridgehead atoms. The minimum absolute atomic E-state index is 0.00181. The largest absolute Gasteiger partial charge is 0.268 e. The predicted octanol–water partition coefficient (Wildman–Crippen LogP) is 3.03. The van der Waals surface area contributed by atoms with Gasteiger partial charge < -0.3 is 0 Å². The van der Waals surface area contributed by atoms with Crippen molar-refractivity contribution in [3.8, 4) is 11.3 Å². The molecule has 0 spiro atoms. The highest BCUT2D eigenvalue weighted by atomic mass is 32.2. The summed E-state index contributed by atoms with van der Waals surface area (Å²) in [5.74, 6) is 0.508. The van der Waals surface area contributed by atoms with Crippen molar-refractivity contribution in [2.75, 3.05) is 6.26 Å². The van der Waals surface area contributed by atoms with Gasteiger partial charge in [0.05, 0.1) is 11.3 Å². The van der Waals surface area contributed by atoms with Crippen molar-refractivity contribution in [2.45, 2.75) is 37.3 Å². The van der Waals surface area contributed by atoms with Crippen LogP contribution in [-0.4, -0.2) is 25.8 Å². The van der Waals surface area contributed by atoms with Crippen LogP contribution in [0.1, 0.15) is 31.4 Å². The number of nitrogens with one attached hydrogen (secondary N) is 1. The first-order valence-electron chi connectivity index (χ1n) is 7.73. The zero-order chi connectivity index (χ0) is 16.2. The fourth-order valence-corrected chi connectivity index (χ4v) is 4.00. The Morgan fingerprint density at radius 3 is 2.91 bits per heavy atom. The average Bonchev–Trinajstić information content (AvgIpc) is 2.98. The van der Waals surface area contributed by atoms with Gasteiger partial charge in [-0.2, -0.15) is 0 Å². The third-order valence-electron chi connectivity index (χ3n) is 4.95. The van der Waals surface area contributed by atoms with Crippen molar-refractivity contribution in [3.05, 3.63) is 45.7 Å². The van der Waals surface area contributed by atoms with E-state index in [2.05, 4.69) is 36.2 Å². The summed E-state index contributed by atoms with van der Waals surface area (Å²) in [7, 11) is 0. The van der Waals surface area contributed by atoms with E-state index in [0.717, 1.165) is 29.7 Å². The molecular formula is C17H18N4OS. The molecule has 2 aromatic heterocycles. The van der Waals surface area contributed by atoms with Crippen LogP contribution in [0.4, 0.5) is 0 Å². The van der Waals surface area contributed by atoms with Crippen molar-refractivity contribution >= 4 is 17.5 Å². The van der Waals surface area contributed by atoms with Crippen molar-refractivity contribution in [2.24, 2.45) is 0 Å². The summed E-state index contributed by atoms with van der Waals surface area (Å²) in [5.41, 5.74) is 3.73. The van der Waals surface area contributed by atoms with Crippen LogP contribution in [-0.2, 0) is 11.8 Å². The van der Waals surface area contributed by atoms with E-state index in [4.69, 9.17) is 4.98 Å². The molecule has 5 nitrogen and oxygen atoms in total. The summed E-state index contributed by atoms with van der Waals surface area (Å²) in [4.78, 5) is 18.0. The molecule has 0 saturated carbocycles. The minimum atomic E-state index is -0.206. The molecule has 1 N–H and O–H groups in total. The van der Waals surface area contributed by atoms with Crippen LogP contribution >= 0.6 is 11.8 Å². The van der Waals surface area contributed by atoms with Crippen LogP contribution in [0.15, 0.2) is 34.2 Å². The minimum Gasteiger partial charge on any atom is -0.268 e. The lowest BCUT2D eigenvalue weighted by molar-refractivity contribution is 0.439. The number of thioether (sulfide) groups is 1. The van der Waals surface area contributed by atoms with Crippen LogP contribution in [0.5, 0.6) is 0 Å². The number of benzene rings is 1. The number of fused-ring (bicyclic) bond motifs is 4. The Kier molecular flexibility index (Phi) is 3.13. The molecule has 0 amide bonds. The van der Waals surface area contributed by atoms with Gasteiger partial charge >= 0.3 is 0 Å². The molecule has 0 saturated heterocycles. The van der Waals surface area contributed by atoms with E-state index in [1.165, 1.54) is 17.3 Å². The Balaban J connectivity index is 2.17. The highest BCUT2D eigenvalue weighted by Gasteiger charge is 2.38. The quantitative estimate of drug-likeness (QED) is 0.735. The Labute approximate surface area is 138 Å². The Morgan fingerprint density at radius 2 is 2.17 bits per heavy atom. The van der Waals surface area contributed by atoms with Gasteiger partial charge in [0.1, 0.15) is 0 Å². The first-order chi connectivity index (χ1) is 11.1. The lowest BCUT2D eigenvalue weighted by Gasteiger charge is -2.34. The third kappa shape index (κ3) is 1.91. The first-order valence-corrected chi connectivity index (χ1v) is 8.95. The van der Waals surface area contributed by atoms with Gasteiger partial charge in [0.2, 0.25) is 5.78 Å². The number of rotatable bonds is 2. The molecular weight excluding hydrogens is 308 g/mol. The van der Waals surface area contributed by atoms with Gasteiger partial charge in [-0.25, -0.2) is 14.5 Å². The second-order valence-corrected chi connectivity index (χ2v) is 7.03. The number of nitrogens with zero attached hydrogens (tertiary/aromatic N) is 3. The maximum atomic E-state index is 13.2. The lowest BCUT2D eigenvalue weighted by Crippen LogP contribution is -2.37. The van der Waals surface area contributed by atoms with Crippen LogP contribution in [0, 0.1) is 0 Å². The van der Waals surface area contributed by atoms with Crippen LogP contribution in [0.3, 0.4) is 0 Å². The molecule has 0 radical (unpaired) electrons. The summed E-state index contributed by atoms with van der Waals surface area (Å²) in [6.45, 7) is 4.30. The molecule has 118 valence electrons. The zero-order valence-corrected chi connectivity index (χ0v) is 14.2. The maximum Gasteiger partial charge on any atom is 0.265 e. The number of hydrogen-bond donors (Lipinski definition) is 1. The molecule has 23 heavy (non-hydrogen) atoms. The molecule has 0 aliphatic heterocycles. The van der Waals surface area contributed by atoms with Gasteiger partial charge in [0.25, 0.3) is 5.56 Å². The second-order valence-electron chi connectivity index (χ2n) is 6.26. The monoisotopic (exact) mass is 326 g/mol. The number of H-pyrrole nitrogens is 1. The van der Waals surface area contributed by atoms with E-state index in [-0.39, 0.29) is 11.0 Å². The zero-order valence-electron chi connectivity index (χ0n) is 13.4. The summed E-state index contributed by atoms with van der Waals surface area (Å²) < 4.78 is 1.60. The van der Waals surface area contributed by atoms with Gasteiger partial charge in [-0.05, 0) is 24.7 Å². The molecule has 2 heterocycles. The van der Waals surface area contributed by atoms with Crippen LogP contribution in [0.25, 0.3) is 17.0 Å². The van der Waals surface area contributed by atoms with Gasteiger partial charge in [-0.1, -0.05) is 49.9 Å². The standard InChI is InChI=1S/C17H18N4OS/c1-4-17(2)9-10-7-5-6-8-11(10)13-12(17)14(22)21-15(18-13)19-20-16(21)23-3/h5-8H,4,9H2,1-3H3,(H,18,19)/t17-/m1/s1. The molecule has 0 unspecified atom stereocenters. The van der Waals surface area contributed by atoms with E-state index in [1.807, 2.05) is 18.4 Å². The third-order valence-corrected chi connectivity index (χ3v) is 5.58. The summed E-state index contributed by atoms with van der Waals surface area (Å²) in [6.07, 6.45) is 3.67. The molecule has 1 atom stereocenters. The number of hydrogen-bond acceptors (Lipinski definition) is 4. The molecule has 0 fully saturated rings. The smallest absolute Gasteiger partial charge is 0.265 e. The van der Waals surface area contributed by atoms with Crippen molar-refractivity contribution < 1.29 is 0 Å². The number of aromatic nitrogens is 4. The van der Waals surface area contributed by atoms with E-state index < -0.39 is 0 Å². The maximum absolute atomic E-state index is 13.2. The van der Waals surface area contributed by atoms with Crippen molar-refractivity contribution in [1.29, 1.82) is 0 Å². The summed E-state index contributed by atoms with van der Waals surface area (Å²) in [6, 6.07) is 8.24. The van der Waals surface area contributed by atoms with E-state index >= 15 is 0 Å². The van der Waals surface area contributed by atoms with E-state index in [9.17, 15) is 4.79 Å². The average molecular weight is 326 g/mol. The van der Waals surface area contributed by atoms with Gasteiger partial charge in [0.15, 0.2) is 5.16 Å². The SMILES string of the molecule is CC[C@]1(C)Cc2ccccc2-c2nc3[nH]nc(SC)n3c(=O)c21. The predicted molar refractivity (Wildman–Crippen MR) is 92.2 cm³/mol. The normalized spacial score (nSPS) is 19.6. The fourth-order valence-electron chi connectivity index (χ4n) is 3.51. The molecule has 3 aromatic rings. The van der Waals surface area contributed by atoms with Gasteiger partial charge in [-0.3, -0.25) is 4.79 Å². The van der Waals surface area contributed by atoms with E-state index in [0.29, 0.717) is 10.9 Å². The van der Waals surface area contributed by atoms with Crippen molar-refractivity contribution in [1.82, 2.24) is 19.6 Å². The molecule has 1 aromatic carbocycles. The highest BCUT2D eigenvalue weighted by Crippen LogP contribution is 2.42. The second kappa shape index (κ2) is 4.96. The van der Waals surface area contributed by atoms with Gasteiger partial charge in [-0.15, -0.1) is 5.10 Å². The summed E-state index contributed by atoms with van der Waals surface area (Å²) >= 11 is 1.44. The highest BCUT2D eigenvalue weighted by molar-refractivity contribution is 7.98.